The fourth-order valence-corrected chi connectivity index (χ4v) is 3.02. The molecular weight excluding hydrogens is 334 g/mol. The lowest BCUT2D eigenvalue weighted by Crippen LogP contribution is -2.15. The second-order valence-electron chi connectivity index (χ2n) is 5.68. The number of anilines is 1. The maximum absolute atomic E-state index is 12.2. The van der Waals surface area contributed by atoms with Gasteiger partial charge in [0.15, 0.2) is 0 Å². The standard InChI is InChI=1S/C19H19N3O2S/c1-13-5-3-7-17(14(13)2)22-18(23)9-15-12-25-19(21-15)11-24-16-6-4-8-20-10-16/h3-8,10,12H,9,11H2,1-2H3,(H,22,23). The number of nitrogens with zero attached hydrogens (tertiary/aromatic N) is 2. The molecule has 0 bridgehead atoms. The van der Waals surface area contributed by atoms with E-state index in [-0.39, 0.29) is 12.3 Å². The van der Waals surface area contributed by atoms with Gasteiger partial charge in [0.2, 0.25) is 5.91 Å². The third-order valence-electron chi connectivity index (χ3n) is 3.82. The summed E-state index contributed by atoms with van der Waals surface area (Å²) in [5.74, 6) is 0.630. The molecule has 128 valence electrons. The van der Waals surface area contributed by atoms with Crippen molar-refractivity contribution < 1.29 is 9.53 Å². The van der Waals surface area contributed by atoms with Crippen molar-refractivity contribution >= 4 is 22.9 Å². The summed E-state index contributed by atoms with van der Waals surface area (Å²) in [5.41, 5.74) is 3.83. The number of amides is 1. The zero-order valence-corrected chi connectivity index (χ0v) is 15.0. The Morgan fingerprint density at radius 2 is 2.12 bits per heavy atom. The normalized spacial score (nSPS) is 10.5. The average Bonchev–Trinajstić information content (AvgIpc) is 3.05. The van der Waals surface area contributed by atoms with Gasteiger partial charge in [-0.1, -0.05) is 12.1 Å². The first kappa shape index (κ1) is 17.1. The zero-order valence-electron chi connectivity index (χ0n) is 14.2. The molecule has 0 fully saturated rings. The van der Waals surface area contributed by atoms with Crippen LogP contribution in [0.4, 0.5) is 5.69 Å². The predicted molar refractivity (Wildman–Crippen MR) is 98.9 cm³/mol. The largest absolute Gasteiger partial charge is 0.485 e. The Bertz CT molecular complexity index is 862. The third-order valence-corrected chi connectivity index (χ3v) is 4.69. The highest BCUT2D eigenvalue weighted by Gasteiger charge is 2.10. The third kappa shape index (κ3) is 4.64. The molecule has 0 unspecified atom stereocenters. The minimum atomic E-state index is -0.0706. The van der Waals surface area contributed by atoms with Crippen molar-refractivity contribution in [1.29, 1.82) is 0 Å². The molecule has 1 aromatic carbocycles. The summed E-state index contributed by atoms with van der Waals surface area (Å²) in [6.07, 6.45) is 3.60. The lowest BCUT2D eigenvalue weighted by molar-refractivity contribution is -0.115. The first-order valence-electron chi connectivity index (χ1n) is 7.94. The Morgan fingerprint density at radius 1 is 1.24 bits per heavy atom. The van der Waals surface area contributed by atoms with Crippen LogP contribution in [0.15, 0.2) is 48.1 Å². The number of hydrogen-bond donors (Lipinski definition) is 1. The molecule has 0 atom stereocenters. The maximum atomic E-state index is 12.2. The molecule has 5 nitrogen and oxygen atoms in total. The summed E-state index contributed by atoms with van der Waals surface area (Å²) < 4.78 is 5.62. The van der Waals surface area contributed by atoms with Crippen LogP contribution in [-0.2, 0) is 17.8 Å². The fourth-order valence-electron chi connectivity index (χ4n) is 2.32. The molecule has 0 saturated heterocycles. The number of benzene rings is 1. The fraction of sp³-hybridized carbons (Fsp3) is 0.211. The minimum Gasteiger partial charge on any atom is -0.485 e. The highest BCUT2D eigenvalue weighted by Crippen LogP contribution is 2.19. The molecule has 25 heavy (non-hydrogen) atoms. The second-order valence-corrected chi connectivity index (χ2v) is 6.63. The van der Waals surface area contributed by atoms with Gasteiger partial charge in [0, 0.05) is 17.3 Å². The van der Waals surface area contributed by atoms with E-state index in [0.29, 0.717) is 12.4 Å². The van der Waals surface area contributed by atoms with Crippen molar-refractivity contribution in [3.05, 3.63) is 69.9 Å². The van der Waals surface area contributed by atoms with Crippen LogP contribution in [0.1, 0.15) is 21.8 Å². The number of pyridine rings is 1. The Kier molecular flexibility index (Phi) is 5.40. The lowest BCUT2D eigenvalue weighted by Gasteiger charge is -2.09. The second kappa shape index (κ2) is 7.90. The van der Waals surface area contributed by atoms with E-state index in [4.69, 9.17) is 4.74 Å². The molecule has 3 rings (SSSR count). The number of ether oxygens (including phenoxy) is 1. The first-order valence-corrected chi connectivity index (χ1v) is 8.82. The predicted octanol–water partition coefficient (Wildman–Crippen LogP) is 3.92. The van der Waals surface area contributed by atoms with Crippen LogP contribution in [-0.4, -0.2) is 15.9 Å². The van der Waals surface area contributed by atoms with Gasteiger partial charge < -0.3 is 10.1 Å². The van der Waals surface area contributed by atoms with Crippen LogP contribution in [0.25, 0.3) is 0 Å². The Balaban J connectivity index is 1.55. The molecule has 0 radical (unpaired) electrons. The van der Waals surface area contributed by atoms with Gasteiger partial charge in [-0.05, 0) is 43.2 Å². The van der Waals surface area contributed by atoms with E-state index >= 15 is 0 Å². The minimum absolute atomic E-state index is 0.0706. The quantitative estimate of drug-likeness (QED) is 0.730. The van der Waals surface area contributed by atoms with E-state index in [1.807, 2.05) is 49.6 Å². The number of thiazole rings is 1. The monoisotopic (exact) mass is 353 g/mol. The number of carbonyl (C=O) groups excluding carboxylic acids is 1. The summed E-state index contributed by atoms with van der Waals surface area (Å²) in [7, 11) is 0. The van der Waals surface area contributed by atoms with E-state index in [9.17, 15) is 4.79 Å². The summed E-state index contributed by atoms with van der Waals surface area (Å²) >= 11 is 1.49. The Hall–Kier alpha value is -2.73. The van der Waals surface area contributed by atoms with Gasteiger partial charge >= 0.3 is 0 Å². The van der Waals surface area contributed by atoms with Gasteiger partial charge in [0.25, 0.3) is 0 Å². The Labute approximate surface area is 150 Å². The number of carbonyl (C=O) groups is 1. The van der Waals surface area contributed by atoms with Crippen LogP contribution < -0.4 is 10.1 Å². The molecule has 0 aliphatic carbocycles. The molecule has 2 heterocycles. The molecule has 2 aromatic heterocycles. The van der Waals surface area contributed by atoms with Crippen LogP contribution >= 0.6 is 11.3 Å². The van der Waals surface area contributed by atoms with Crippen molar-refractivity contribution in [3.8, 4) is 5.75 Å². The molecule has 0 aliphatic heterocycles. The van der Waals surface area contributed by atoms with Crippen molar-refractivity contribution in [2.75, 3.05) is 5.32 Å². The first-order chi connectivity index (χ1) is 12.1. The van der Waals surface area contributed by atoms with E-state index in [0.717, 1.165) is 27.5 Å². The van der Waals surface area contributed by atoms with E-state index in [1.165, 1.54) is 11.3 Å². The lowest BCUT2D eigenvalue weighted by atomic mass is 10.1. The summed E-state index contributed by atoms with van der Waals surface area (Å²) in [6, 6.07) is 9.54. The van der Waals surface area contributed by atoms with Crippen LogP contribution in [0.5, 0.6) is 5.75 Å². The molecule has 3 aromatic rings. The van der Waals surface area contributed by atoms with Crippen LogP contribution in [0, 0.1) is 13.8 Å². The van der Waals surface area contributed by atoms with Gasteiger partial charge in [-0.25, -0.2) is 4.98 Å². The maximum Gasteiger partial charge on any atom is 0.230 e. The van der Waals surface area contributed by atoms with Crippen LogP contribution in [0.2, 0.25) is 0 Å². The van der Waals surface area contributed by atoms with E-state index in [2.05, 4.69) is 15.3 Å². The molecule has 0 saturated carbocycles. The SMILES string of the molecule is Cc1cccc(NC(=O)Cc2csc(COc3cccnc3)n2)c1C. The molecular formula is C19H19N3O2S. The highest BCUT2D eigenvalue weighted by molar-refractivity contribution is 7.09. The van der Waals surface area contributed by atoms with Gasteiger partial charge in [-0.15, -0.1) is 11.3 Å². The van der Waals surface area contributed by atoms with Gasteiger partial charge in [0.1, 0.15) is 17.4 Å². The molecule has 0 aliphatic rings. The number of aryl methyl sites for hydroxylation is 1. The Morgan fingerprint density at radius 3 is 2.92 bits per heavy atom. The summed E-state index contributed by atoms with van der Waals surface area (Å²) in [5, 5.41) is 5.68. The van der Waals surface area contributed by atoms with E-state index < -0.39 is 0 Å². The zero-order chi connectivity index (χ0) is 17.6. The highest BCUT2D eigenvalue weighted by atomic mass is 32.1. The van der Waals surface area contributed by atoms with Crippen molar-refractivity contribution in [2.45, 2.75) is 26.9 Å². The number of aromatic nitrogens is 2. The van der Waals surface area contributed by atoms with Gasteiger partial charge in [0.05, 0.1) is 18.3 Å². The van der Waals surface area contributed by atoms with Gasteiger partial charge in [-0.2, -0.15) is 0 Å². The van der Waals surface area contributed by atoms with E-state index in [1.54, 1.807) is 12.4 Å². The molecule has 6 heteroatoms. The topological polar surface area (TPSA) is 64.1 Å². The van der Waals surface area contributed by atoms with Gasteiger partial charge in [-0.3, -0.25) is 9.78 Å². The van der Waals surface area contributed by atoms with Crippen molar-refractivity contribution in [3.63, 3.8) is 0 Å². The number of hydrogen-bond acceptors (Lipinski definition) is 5. The summed E-state index contributed by atoms with van der Waals surface area (Å²) in [6.45, 7) is 4.40. The molecule has 0 spiro atoms. The molecule has 1 amide bonds. The van der Waals surface area contributed by atoms with Crippen molar-refractivity contribution in [2.24, 2.45) is 0 Å². The van der Waals surface area contributed by atoms with Crippen LogP contribution in [0.3, 0.4) is 0 Å². The number of nitrogens with one attached hydrogen (secondary N) is 1. The summed E-state index contributed by atoms with van der Waals surface area (Å²) in [4.78, 5) is 20.7. The number of rotatable bonds is 6. The van der Waals surface area contributed by atoms with Crippen molar-refractivity contribution in [1.82, 2.24) is 9.97 Å². The molecule has 1 N–H and O–H groups in total. The average molecular weight is 353 g/mol. The smallest absolute Gasteiger partial charge is 0.230 e.